The van der Waals surface area contributed by atoms with Crippen molar-refractivity contribution in [1.29, 1.82) is 5.26 Å². The molecule has 1 heterocycles. The van der Waals surface area contributed by atoms with Crippen LogP contribution < -0.4 is 11.1 Å². The van der Waals surface area contributed by atoms with Crippen molar-refractivity contribution in [3.05, 3.63) is 23.8 Å². The molecule has 0 spiro atoms. The molecule has 1 fully saturated rings. The van der Waals surface area contributed by atoms with Gasteiger partial charge in [-0.1, -0.05) is 0 Å². The third-order valence-corrected chi connectivity index (χ3v) is 3.57. The fourth-order valence-electron chi connectivity index (χ4n) is 2.46. The Labute approximate surface area is 119 Å². The number of hydrogen-bond acceptors (Lipinski definition) is 4. The summed E-state index contributed by atoms with van der Waals surface area (Å²) in [6.45, 7) is 3.49. The van der Waals surface area contributed by atoms with Gasteiger partial charge < -0.3 is 16.0 Å². The number of benzene rings is 1. The first-order valence-corrected chi connectivity index (χ1v) is 6.97. The van der Waals surface area contributed by atoms with E-state index in [-0.39, 0.29) is 11.9 Å². The zero-order chi connectivity index (χ0) is 14.5. The van der Waals surface area contributed by atoms with E-state index in [0.717, 1.165) is 25.9 Å². The molecule has 1 unspecified atom stereocenters. The van der Waals surface area contributed by atoms with Crippen LogP contribution in [0.1, 0.15) is 31.7 Å². The van der Waals surface area contributed by atoms with E-state index in [1.165, 1.54) is 6.42 Å². The van der Waals surface area contributed by atoms with Crippen LogP contribution in [0.2, 0.25) is 0 Å². The van der Waals surface area contributed by atoms with E-state index in [1.807, 2.05) is 11.8 Å². The van der Waals surface area contributed by atoms with Crippen LogP contribution in [0, 0.1) is 11.3 Å². The Morgan fingerprint density at radius 1 is 1.40 bits per heavy atom. The zero-order valence-corrected chi connectivity index (χ0v) is 11.7. The smallest absolute Gasteiger partial charge is 0.244 e. The summed E-state index contributed by atoms with van der Waals surface area (Å²) >= 11 is 0. The summed E-state index contributed by atoms with van der Waals surface area (Å²) in [4.78, 5) is 14.2. The number of nitrogens with zero attached hydrogens (tertiary/aromatic N) is 2. The van der Waals surface area contributed by atoms with Crippen LogP contribution >= 0.6 is 0 Å². The van der Waals surface area contributed by atoms with Crippen LogP contribution in [0.5, 0.6) is 0 Å². The quantitative estimate of drug-likeness (QED) is 0.824. The van der Waals surface area contributed by atoms with Crippen LogP contribution in [0.4, 0.5) is 11.4 Å². The molecule has 1 aliphatic heterocycles. The number of nitrogen functional groups attached to an aromatic ring is 1. The molecule has 5 nitrogen and oxygen atoms in total. The first-order chi connectivity index (χ1) is 9.61. The van der Waals surface area contributed by atoms with Crippen molar-refractivity contribution in [3.63, 3.8) is 0 Å². The molecule has 0 aromatic heterocycles. The summed E-state index contributed by atoms with van der Waals surface area (Å²) in [5, 5.41) is 12.2. The molecular weight excluding hydrogens is 252 g/mol. The van der Waals surface area contributed by atoms with Gasteiger partial charge in [0, 0.05) is 18.8 Å². The monoisotopic (exact) mass is 272 g/mol. The maximum atomic E-state index is 12.3. The topological polar surface area (TPSA) is 82.1 Å². The Hall–Kier alpha value is -2.22. The Bertz CT molecular complexity index is 529. The fraction of sp³-hybridized carbons (Fsp3) is 0.467. The maximum absolute atomic E-state index is 12.3. The van der Waals surface area contributed by atoms with Gasteiger partial charge in [0.25, 0.3) is 0 Å². The van der Waals surface area contributed by atoms with Crippen molar-refractivity contribution in [1.82, 2.24) is 4.90 Å². The number of rotatable bonds is 3. The predicted octanol–water partition coefficient (Wildman–Crippen LogP) is 1.95. The molecule has 0 radical (unpaired) electrons. The van der Waals surface area contributed by atoms with E-state index >= 15 is 0 Å². The van der Waals surface area contributed by atoms with Gasteiger partial charge in [-0.3, -0.25) is 4.79 Å². The first-order valence-electron chi connectivity index (χ1n) is 6.97. The summed E-state index contributed by atoms with van der Waals surface area (Å²) in [5.74, 6) is 0.0883. The second-order valence-electron chi connectivity index (χ2n) is 5.17. The maximum Gasteiger partial charge on any atom is 0.244 e. The average Bonchev–Trinajstić information content (AvgIpc) is 2.49. The number of nitriles is 1. The third-order valence-electron chi connectivity index (χ3n) is 3.57. The predicted molar refractivity (Wildman–Crippen MR) is 79.1 cm³/mol. The van der Waals surface area contributed by atoms with Gasteiger partial charge in [0.1, 0.15) is 12.1 Å². The second kappa shape index (κ2) is 6.29. The highest BCUT2D eigenvalue weighted by Gasteiger charge is 2.22. The minimum atomic E-state index is -0.344. The molecule has 3 N–H and O–H groups in total. The van der Waals surface area contributed by atoms with E-state index in [1.54, 1.807) is 18.2 Å². The van der Waals surface area contributed by atoms with Crippen LogP contribution in [0.3, 0.4) is 0 Å². The van der Waals surface area contributed by atoms with Gasteiger partial charge in [0.2, 0.25) is 5.91 Å². The van der Waals surface area contributed by atoms with Gasteiger partial charge in [0.05, 0.1) is 11.3 Å². The molecule has 1 aromatic carbocycles. The van der Waals surface area contributed by atoms with Crippen molar-refractivity contribution >= 4 is 17.3 Å². The first kappa shape index (κ1) is 14.2. The number of piperidine rings is 1. The number of likely N-dealkylation sites (tertiary alicyclic amines) is 1. The van der Waals surface area contributed by atoms with E-state index in [9.17, 15) is 4.79 Å². The van der Waals surface area contributed by atoms with Gasteiger partial charge in [-0.15, -0.1) is 0 Å². The number of nitrogens with two attached hydrogens (primary N) is 1. The SMILES string of the molecule is CC(Nc1ccc(N)cc1C#N)C(=O)N1CCCCC1. The molecule has 0 bridgehead atoms. The summed E-state index contributed by atoms with van der Waals surface area (Å²) in [5.41, 5.74) is 7.31. The summed E-state index contributed by atoms with van der Waals surface area (Å²) in [7, 11) is 0. The molecule has 20 heavy (non-hydrogen) atoms. The molecule has 0 saturated carbocycles. The van der Waals surface area contributed by atoms with Crippen molar-refractivity contribution in [2.45, 2.75) is 32.2 Å². The Morgan fingerprint density at radius 3 is 2.75 bits per heavy atom. The average molecular weight is 272 g/mol. The second-order valence-corrected chi connectivity index (χ2v) is 5.17. The normalized spacial score (nSPS) is 16.3. The number of nitrogens with one attached hydrogen (secondary N) is 1. The molecule has 2 rings (SSSR count). The Balaban J connectivity index is 2.05. The summed E-state index contributed by atoms with van der Waals surface area (Å²) in [6, 6.07) is 6.83. The van der Waals surface area contributed by atoms with Crippen LogP contribution in [0.25, 0.3) is 0 Å². The van der Waals surface area contributed by atoms with Crippen molar-refractivity contribution in [3.8, 4) is 6.07 Å². The molecule has 5 heteroatoms. The Morgan fingerprint density at radius 2 is 2.10 bits per heavy atom. The lowest BCUT2D eigenvalue weighted by Crippen LogP contribution is -2.44. The third kappa shape index (κ3) is 3.21. The van der Waals surface area contributed by atoms with E-state index in [2.05, 4.69) is 11.4 Å². The lowest BCUT2D eigenvalue weighted by Gasteiger charge is -2.29. The van der Waals surface area contributed by atoms with Crippen LogP contribution in [-0.2, 0) is 4.79 Å². The van der Waals surface area contributed by atoms with Crippen LogP contribution in [-0.4, -0.2) is 29.9 Å². The lowest BCUT2D eigenvalue weighted by atomic mass is 10.1. The van der Waals surface area contributed by atoms with Crippen molar-refractivity contribution < 1.29 is 4.79 Å². The standard InChI is InChI=1S/C15H20N4O/c1-11(15(20)19-7-3-2-4-8-19)18-14-6-5-13(17)9-12(14)10-16/h5-6,9,11,18H,2-4,7-8,17H2,1H3. The molecular formula is C15H20N4O. The number of anilines is 2. The van der Waals surface area contributed by atoms with Gasteiger partial charge in [-0.05, 0) is 44.4 Å². The zero-order valence-electron chi connectivity index (χ0n) is 11.7. The van der Waals surface area contributed by atoms with E-state index in [4.69, 9.17) is 11.0 Å². The van der Waals surface area contributed by atoms with Gasteiger partial charge in [0.15, 0.2) is 0 Å². The molecule has 1 aliphatic rings. The Kier molecular flexibility index (Phi) is 4.46. The number of carbonyl (C=O) groups is 1. The lowest BCUT2D eigenvalue weighted by molar-refractivity contribution is -0.132. The number of amides is 1. The largest absolute Gasteiger partial charge is 0.399 e. The minimum absolute atomic E-state index is 0.0883. The highest BCUT2D eigenvalue weighted by Crippen LogP contribution is 2.19. The molecule has 1 aromatic rings. The molecule has 1 saturated heterocycles. The summed E-state index contributed by atoms with van der Waals surface area (Å²) in [6.07, 6.45) is 3.34. The van der Waals surface area contributed by atoms with E-state index < -0.39 is 0 Å². The highest BCUT2D eigenvalue weighted by atomic mass is 16.2. The molecule has 106 valence electrons. The van der Waals surface area contributed by atoms with Crippen molar-refractivity contribution in [2.24, 2.45) is 0 Å². The fourth-order valence-corrected chi connectivity index (χ4v) is 2.46. The van der Waals surface area contributed by atoms with E-state index in [0.29, 0.717) is 16.9 Å². The summed E-state index contributed by atoms with van der Waals surface area (Å²) < 4.78 is 0. The van der Waals surface area contributed by atoms with Crippen molar-refractivity contribution in [2.75, 3.05) is 24.1 Å². The molecule has 1 amide bonds. The molecule has 0 aliphatic carbocycles. The van der Waals surface area contributed by atoms with Crippen LogP contribution in [0.15, 0.2) is 18.2 Å². The van der Waals surface area contributed by atoms with Gasteiger partial charge in [-0.2, -0.15) is 5.26 Å². The van der Waals surface area contributed by atoms with Gasteiger partial charge in [-0.25, -0.2) is 0 Å². The number of carbonyl (C=O) groups excluding carboxylic acids is 1. The van der Waals surface area contributed by atoms with Gasteiger partial charge >= 0.3 is 0 Å². The number of hydrogen-bond donors (Lipinski definition) is 2. The highest BCUT2D eigenvalue weighted by molar-refractivity contribution is 5.85. The minimum Gasteiger partial charge on any atom is -0.399 e. The molecule has 1 atom stereocenters.